The standard InChI is InChI=1S/C47H89NO8/c1-7-11-15-19-21-25-33-41(31-23-17-13-9-3)54-45(50)36-28-27-35-44(49)53-40-43(39-48(5)6)56-47(52)38-30-29-37-46(51)55-42(32-24-18-14-10-4)34-26-22-20-16-12-8-2/h41-43H,7-40H2,1-6H3. The quantitative estimate of drug-likeness (QED) is 0.0339. The van der Waals surface area contributed by atoms with Crippen LogP contribution in [-0.2, 0) is 38.1 Å². The number of hydrogen-bond acceptors (Lipinski definition) is 9. The highest BCUT2D eigenvalue weighted by Gasteiger charge is 2.20. The van der Waals surface area contributed by atoms with Crippen LogP contribution in [0.15, 0.2) is 0 Å². The molecule has 0 aromatic carbocycles. The van der Waals surface area contributed by atoms with Crippen molar-refractivity contribution in [2.24, 2.45) is 0 Å². The van der Waals surface area contributed by atoms with Gasteiger partial charge in [-0.1, -0.05) is 130 Å². The molecule has 0 fully saturated rings. The number of esters is 4. The molecule has 0 aliphatic rings. The van der Waals surface area contributed by atoms with Gasteiger partial charge in [-0.05, 0) is 91.1 Å². The molecule has 3 unspecified atom stereocenters. The van der Waals surface area contributed by atoms with Crippen molar-refractivity contribution in [3.05, 3.63) is 0 Å². The third kappa shape index (κ3) is 36.2. The maximum atomic E-state index is 12.7. The first-order valence-corrected chi connectivity index (χ1v) is 23.5. The van der Waals surface area contributed by atoms with E-state index < -0.39 is 6.10 Å². The second-order valence-corrected chi connectivity index (χ2v) is 16.5. The van der Waals surface area contributed by atoms with Crippen molar-refractivity contribution in [2.45, 2.75) is 251 Å². The summed E-state index contributed by atoms with van der Waals surface area (Å²) in [7, 11) is 3.75. The molecule has 0 rings (SSSR count). The lowest BCUT2D eigenvalue weighted by atomic mass is 10.0. The molecule has 0 spiro atoms. The molecular formula is C47H89NO8. The zero-order valence-electron chi connectivity index (χ0n) is 37.5. The van der Waals surface area contributed by atoms with Crippen LogP contribution in [-0.4, -0.2) is 74.3 Å². The number of ether oxygens (including phenoxy) is 4. The van der Waals surface area contributed by atoms with Gasteiger partial charge in [0.25, 0.3) is 0 Å². The fraction of sp³-hybridized carbons (Fsp3) is 0.915. The number of unbranched alkanes of at least 4 members (excludes halogenated alkanes) is 18. The van der Waals surface area contributed by atoms with Gasteiger partial charge in [0.1, 0.15) is 24.9 Å². The van der Waals surface area contributed by atoms with Gasteiger partial charge in [-0.3, -0.25) is 19.2 Å². The molecule has 0 saturated heterocycles. The Hall–Kier alpha value is -2.16. The number of hydrogen-bond donors (Lipinski definition) is 0. The summed E-state index contributed by atoms with van der Waals surface area (Å²) in [5, 5.41) is 0. The monoisotopic (exact) mass is 796 g/mol. The zero-order valence-corrected chi connectivity index (χ0v) is 37.5. The minimum atomic E-state index is -0.585. The van der Waals surface area contributed by atoms with Crippen molar-refractivity contribution in [1.82, 2.24) is 4.90 Å². The topological polar surface area (TPSA) is 108 Å². The number of likely N-dealkylation sites (N-methyl/N-ethyl adjacent to an activating group) is 1. The van der Waals surface area contributed by atoms with Crippen LogP contribution in [0.4, 0.5) is 0 Å². The molecule has 0 aromatic heterocycles. The summed E-state index contributed by atoms with van der Waals surface area (Å²) in [6.07, 6.45) is 30.3. The van der Waals surface area contributed by atoms with E-state index >= 15 is 0 Å². The maximum absolute atomic E-state index is 12.7. The summed E-state index contributed by atoms with van der Waals surface area (Å²) in [6.45, 7) is 9.26. The van der Waals surface area contributed by atoms with E-state index in [9.17, 15) is 19.2 Å². The Morgan fingerprint density at radius 1 is 0.375 bits per heavy atom. The molecule has 0 saturated carbocycles. The maximum Gasteiger partial charge on any atom is 0.306 e. The zero-order chi connectivity index (χ0) is 41.5. The van der Waals surface area contributed by atoms with Crippen molar-refractivity contribution in [3.63, 3.8) is 0 Å². The highest BCUT2D eigenvalue weighted by molar-refractivity contribution is 5.71. The minimum Gasteiger partial charge on any atom is -0.462 e. The van der Waals surface area contributed by atoms with E-state index in [0.29, 0.717) is 45.1 Å². The van der Waals surface area contributed by atoms with Gasteiger partial charge >= 0.3 is 23.9 Å². The third-order valence-corrected chi connectivity index (χ3v) is 10.4. The molecule has 0 aliphatic heterocycles. The Labute approximate surface area is 344 Å². The van der Waals surface area contributed by atoms with E-state index in [-0.39, 0.29) is 55.5 Å². The molecule has 0 amide bonds. The summed E-state index contributed by atoms with van der Waals surface area (Å²) >= 11 is 0. The molecule has 3 atom stereocenters. The summed E-state index contributed by atoms with van der Waals surface area (Å²) in [4.78, 5) is 52.5. The molecule has 0 aromatic rings. The average molecular weight is 796 g/mol. The molecule has 0 heterocycles. The van der Waals surface area contributed by atoms with Gasteiger partial charge in [-0.2, -0.15) is 0 Å². The van der Waals surface area contributed by atoms with Crippen LogP contribution in [0.5, 0.6) is 0 Å². The Morgan fingerprint density at radius 2 is 0.661 bits per heavy atom. The molecule has 56 heavy (non-hydrogen) atoms. The van der Waals surface area contributed by atoms with Gasteiger partial charge in [-0.25, -0.2) is 0 Å². The van der Waals surface area contributed by atoms with E-state index in [1.165, 1.54) is 103 Å². The van der Waals surface area contributed by atoms with E-state index in [0.717, 1.165) is 51.4 Å². The van der Waals surface area contributed by atoms with Gasteiger partial charge in [-0.15, -0.1) is 0 Å². The summed E-state index contributed by atoms with van der Waals surface area (Å²) in [6, 6.07) is 0. The lowest BCUT2D eigenvalue weighted by molar-refractivity contribution is -0.160. The fourth-order valence-electron chi connectivity index (χ4n) is 7.03. The highest BCUT2D eigenvalue weighted by atomic mass is 16.6. The van der Waals surface area contributed by atoms with Crippen LogP contribution < -0.4 is 0 Å². The van der Waals surface area contributed by atoms with E-state index in [1.807, 2.05) is 19.0 Å². The second-order valence-electron chi connectivity index (χ2n) is 16.5. The molecule has 0 radical (unpaired) electrons. The van der Waals surface area contributed by atoms with Crippen molar-refractivity contribution in [3.8, 4) is 0 Å². The van der Waals surface area contributed by atoms with E-state index in [4.69, 9.17) is 18.9 Å². The Morgan fingerprint density at radius 3 is 1.00 bits per heavy atom. The SMILES string of the molecule is CCCCCCCCC(CCCCCC)OC(=O)CCCCC(=O)OCC(CN(C)C)OC(=O)CCCCC(=O)OC(CCCCCC)CCCCCCCC. The van der Waals surface area contributed by atoms with Crippen LogP contribution in [0.1, 0.15) is 233 Å². The first kappa shape index (κ1) is 53.8. The number of carbonyl (C=O) groups excluding carboxylic acids is 4. The smallest absolute Gasteiger partial charge is 0.306 e. The van der Waals surface area contributed by atoms with E-state index in [1.54, 1.807) is 0 Å². The van der Waals surface area contributed by atoms with Crippen LogP contribution in [0.3, 0.4) is 0 Å². The predicted molar refractivity (Wildman–Crippen MR) is 230 cm³/mol. The Bertz CT molecular complexity index is 941. The number of rotatable bonds is 41. The van der Waals surface area contributed by atoms with Crippen LogP contribution in [0.2, 0.25) is 0 Å². The molecule has 0 bridgehead atoms. The van der Waals surface area contributed by atoms with Gasteiger partial charge in [0.15, 0.2) is 0 Å². The largest absolute Gasteiger partial charge is 0.462 e. The lowest BCUT2D eigenvalue weighted by Gasteiger charge is -2.21. The predicted octanol–water partition coefficient (Wildman–Crippen LogP) is 12.4. The van der Waals surface area contributed by atoms with Crippen molar-refractivity contribution >= 4 is 23.9 Å². The van der Waals surface area contributed by atoms with Crippen molar-refractivity contribution in [1.29, 1.82) is 0 Å². The Kier molecular flexibility index (Phi) is 38.1. The summed E-state index contributed by atoms with van der Waals surface area (Å²) in [5.41, 5.74) is 0. The van der Waals surface area contributed by atoms with Crippen molar-refractivity contribution in [2.75, 3.05) is 27.2 Å². The third-order valence-electron chi connectivity index (χ3n) is 10.4. The molecule has 9 nitrogen and oxygen atoms in total. The minimum absolute atomic E-state index is 0.00875. The van der Waals surface area contributed by atoms with Gasteiger partial charge < -0.3 is 23.8 Å². The molecule has 330 valence electrons. The molecule has 0 N–H and O–H groups in total. The highest BCUT2D eigenvalue weighted by Crippen LogP contribution is 2.19. The summed E-state index contributed by atoms with van der Waals surface area (Å²) in [5.74, 6) is -1.08. The first-order valence-electron chi connectivity index (χ1n) is 23.5. The van der Waals surface area contributed by atoms with Gasteiger partial charge in [0, 0.05) is 32.2 Å². The van der Waals surface area contributed by atoms with E-state index in [2.05, 4.69) is 27.7 Å². The fourth-order valence-corrected chi connectivity index (χ4v) is 7.03. The second kappa shape index (κ2) is 39.7. The lowest BCUT2D eigenvalue weighted by Crippen LogP contribution is -2.34. The normalized spacial score (nSPS) is 13.0. The average Bonchev–Trinajstić information content (AvgIpc) is 3.16. The molecule has 0 aliphatic carbocycles. The van der Waals surface area contributed by atoms with Crippen LogP contribution in [0, 0.1) is 0 Å². The molecular weight excluding hydrogens is 707 g/mol. The van der Waals surface area contributed by atoms with Gasteiger partial charge in [0.05, 0.1) is 0 Å². The first-order chi connectivity index (χ1) is 27.1. The van der Waals surface area contributed by atoms with Crippen molar-refractivity contribution < 1.29 is 38.1 Å². The Balaban J connectivity index is 4.52. The molecule has 9 heteroatoms. The number of carbonyl (C=O) groups is 4. The number of nitrogens with zero attached hydrogens (tertiary/aromatic N) is 1. The summed E-state index contributed by atoms with van der Waals surface area (Å²) < 4.78 is 23.0. The van der Waals surface area contributed by atoms with Crippen LogP contribution >= 0.6 is 0 Å². The van der Waals surface area contributed by atoms with Crippen LogP contribution in [0.25, 0.3) is 0 Å². The van der Waals surface area contributed by atoms with Gasteiger partial charge in [0.2, 0.25) is 0 Å².